The fourth-order valence-electron chi connectivity index (χ4n) is 2.85. The lowest BCUT2D eigenvalue weighted by atomic mass is 10.1. The van der Waals surface area contributed by atoms with E-state index in [1.54, 1.807) is 19.1 Å². The number of benzene rings is 1. The van der Waals surface area contributed by atoms with Crippen LogP contribution in [0.2, 0.25) is 0 Å². The molecule has 148 valence electrons. The minimum atomic E-state index is -4.74. The van der Waals surface area contributed by atoms with Gasteiger partial charge >= 0.3 is 6.18 Å². The summed E-state index contributed by atoms with van der Waals surface area (Å²) in [6, 6.07) is 9.17. The largest absolute Gasteiger partial charge is 0.463 e. The molecule has 4 rings (SSSR count). The highest BCUT2D eigenvalue weighted by Gasteiger charge is 2.36. The van der Waals surface area contributed by atoms with E-state index in [1.165, 1.54) is 18.4 Å². The standard InChI is InChI=1S/C19H14F3N5O2/c1-10-5-6-12(11(2)8-10)23-17(28)16-25-18-24-13(14-4-3-7-29-14)9-15(19(20,21)22)27(18)26-16/h3-9H,1-2H3,(H,23,28). The number of furan rings is 1. The van der Waals surface area contributed by atoms with Crippen molar-refractivity contribution in [2.75, 3.05) is 5.32 Å². The second-order valence-corrected chi connectivity index (χ2v) is 6.42. The Morgan fingerprint density at radius 1 is 1.14 bits per heavy atom. The summed E-state index contributed by atoms with van der Waals surface area (Å²) in [7, 11) is 0. The van der Waals surface area contributed by atoms with Crippen LogP contribution in [0.25, 0.3) is 17.2 Å². The first-order chi connectivity index (χ1) is 13.7. The molecular formula is C19H14F3N5O2. The number of amides is 1. The van der Waals surface area contributed by atoms with E-state index < -0.39 is 23.6 Å². The SMILES string of the molecule is Cc1ccc(NC(=O)c2nc3nc(-c4ccco4)cc(C(F)(F)F)n3n2)c(C)c1. The zero-order chi connectivity index (χ0) is 20.8. The molecule has 1 N–H and O–H groups in total. The Balaban J connectivity index is 1.77. The van der Waals surface area contributed by atoms with Crippen molar-refractivity contribution in [1.82, 2.24) is 19.6 Å². The number of hydrogen-bond donors (Lipinski definition) is 1. The molecule has 7 nitrogen and oxygen atoms in total. The average Bonchev–Trinajstić information content (AvgIpc) is 3.31. The smallest absolute Gasteiger partial charge is 0.433 e. The molecule has 10 heteroatoms. The second kappa shape index (κ2) is 6.73. The van der Waals surface area contributed by atoms with E-state index in [4.69, 9.17) is 4.42 Å². The minimum absolute atomic E-state index is 0.0661. The zero-order valence-corrected chi connectivity index (χ0v) is 15.3. The number of nitrogens with one attached hydrogen (secondary N) is 1. The number of rotatable bonds is 3. The molecule has 0 bridgehead atoms. The number of carbonyl (C=O) groups excluding carboxylic acids is 1. The van der Waals surface area contributed by atoms with Gasteiger partial charge in [-0.1, -0.05) is 17.7 Å². The van der Waals surface area contributed by atoms with Crippen LogP contribution in [-0.4, -0.2) is 25.5 Å². The molecule has 4 aromatic rings. The van der Waals surface area contributed by atoms with Crippen LogP contribution in [0.3, 0.4) is 0 Å². The molecule has 0 saturated carbocycles. The topological polar surface area (TPSA) is 85.3 Å². The van der Waals surface area contributed by atoms with Crippen LogP contribution >= 0.6 is 0 Å². The number of aromatic nitrogens is 4. The van der Waals surface area contributed by atoms with Gasteiger partial charge in [-0.25, -0.2) is 4.98 Å². The summed E-state index contributed by atoms with van der Waals surface area (Å²) in [4.78, 5) is 20.5. The maximum Gasteiger partial charge on any atom is 0.433 e. The molecule has 29 heavy (non-hydrogen) atoms. The summed E-state index contributed by atoms with van der Waals surface area (Å²) < 4.78 is 46.2. The van der Waals surface area contributed by atoms with E-state index in [1.807, 2.05) is 13.0 Å². The lowest BCUT2D eigenvalue weighted by Crippen LogP contribution is -2.16. The van der Waals surface area contributed by atoms with Gasteiger partial charge in [-0.2, -0.15) is 22.7 Å². The fraction of sp³-hybridized carbons (Fsp3) is 0.158. The Hall–Kier alpha value is -3.69. The molecule has 3 heterocycles. The van der Waals surface area contributed by atoms with E-state index in [0.29, 0.717) is 10.2 Å². The molecule has 0 saturated heterocycles. The van der Waals surface area contributed by atoms with Crippen molar-refractivity contribution < 1.29 is 22.4 Å². The van der Waals surface area contributed by atoms with Gasteiger partial charge < -0.3 is 9.73 Å². The maximum absolute atomic E-state index is 13.5. The van der Waals surface area contributed by atoms with Crippen molar-refractivity contribution in [3.63, 3.8) is 0 Å². The van der Waals surface area contributed by atoms with Gasteiger partial charge in [0.25, 0.3) is 11.7 Å². The molecular weight excluding hydrogens is 387 g/mol. The molecule has 0 aliphatic rings. The summed E-state index contributed by atoms with van der Waals surface area (Å²) in [6.45, 7) is 3.71. The molecule has 0 radical (unpaired) electrons. The molecule has 1 aromatic carbocycles. The zero-order valence-electron chi connectivity index (χ0n) is 15.3. The highest BCUT2D eigenvalue weighted by molar-refractivity contribution is 6.02. The van der Waals surface area contributed by atoms with Gasteiger partial charge in [-0.3, -0.25) is 4.79 Å². The predicted molar refractivity (Wildman–Crippen MR) is 97.4 cm³/mol. The quantitative estimate of drug-likeness (QED) is 0.554. The van der Waals surface area contributed by atoms with Gasteiger partial charge in [0.2, 0.25) is 5.82 Å². The molecule has 3 aromatic heterocycles. The molecule has 1 amide bonds. The average molecular weight is 401 g/mol. The van der Waals surface area contributed by atoms with Crippen molar-refractivity contribution >= 4 is 17.4 Å². The van der Waals surface area contributed by atoms with Crippen molar-refractivity contribution in [1.29, 1.82) is 0 Å². The molecule has 0 fully saturated rings. The molecule has 0 spiro atoms. The predicted octanol–water partition coefficient (Wildman–Crippen LogP) is 4.27. The maximum atomic E-state index is 13.5. The van der Waals surface area contributed by atoms with Crippen molar-refractivity contribution in [3.05, 3.63) is 65.3 Å². The van der Waals surface area contributed by atoms with E-state index in [0.717, 1.165) is 17.2 Å². The number of aryl methyl sites for hydroxylation is 2. The van der Waals surface area contributed by atoms with Gasteiger partial charge in [0.05, 0.1) is 6.26 Å². The van der Waals surface area contributed by atoms with Gasteiger partial charge in [0.15, 0.2) is 11.5 Å². The summed E-state index contributed by atoms with van der Waals surface area (Å²) in [5.74, 6) is -1.39. The third-order valence-electron chi connectivity index (χ3n) is 4.21. The van der Waals surface area contributed by atoms with Crippen LogP contribution in [0.4, 0.5) is 18.9 Å². The molecule has 0 aliphatic carbocycles. The number of halogens is 3. The number of carbonyl (C=O) groups is 1. The third kappa shape index (κ3) is 3.56. The lowest BCUT2D eigenvalue weighted by Gasteiger charge is -2.09. The van der Waals surface area contributed by atoms with Gasteiger partial charge in [-0.05, 0) is 43.7 Å². The van der Waals surface area contributed by atoms with Gasteiger partial charge in [-0.15, -0.1) is 5.10 Å². The number of alkyl halides is 3. The van der Waals surface area contributed by atoms with Gasteiger partial charge in [0, 0.05) is 5.69 Å². The molecule has 0 aliphatic heterocycles. The summed E-state index contributed by atoms with van der Waals surface area (Å²) >= 11 is 0. The van der Waals surface area contributed by atoms with E-state index in [2.05, 4.69) is 20.4 Å². The number of anilines is 1. The van der Waals surface area contributed by atoms with Crippen molar-refractivity contribution in [2.24, 2.45) is 0 Å². The first kappa shape index (κ1) is 18.7. The lowest BCUT2D eigenvalue weighted by molar-refractivity contribution is -0.142. The van der Waals surface area contributed by atoms with E-state index >= 15 is 0 Å². The van der Waals surface area contributed by atoms with Crippen LogP contribution in [0, 0.1) is 13.8 Å². The second-order valence-electron chi connectivity index (χ2n) is 6.42. The minimum Gasteiger partial charge on any atom is -0.463 e. The van der Waals surface area contributed by atoms with Gasteiger partial charge in [0.1, 0.15) is 5.69 Å². The fourth-order valence-corrected chi connectivity index (χ4v) is 2.85. The van der Waals surface area contributed by atoms with Crippen LogP contribution in [0.15, 0.2) is 47.1 Å². The Morgan fingerprint density at radius 3 is 2.59 bits per heavy atom. The summed E-state index contributed by atoms with van der Waals surface area (Å²) in [5.41, 5.74) is 1.14. The van der Waals surface area contributed by atoms with Crippen LogP contribution in [0.5, 0.6) is 0 Å². The van der Waals surface area contributed by atoms with Crippen LogP contribution in [0.1, 0.15) is 27.4 Å². The highest BCUT2D eigenvalue weighted by Crippen LogP contribution is 2.32. The van der Waals surface area contributed by atoms with Crippen molar-refractivity contribution in [2.45, 2.75) is 20.0 Å². The Kier molecular flexibility index (Phi) is 4.33. The first-order valence-electron chi connectivity index (χ1n) is 8.50. The number of hydrogen-bond acceptors (Lipinski definition) is 5. The van der Waals surface area contributed by atoms with Crippen LogP contribution in [-0.2, 0) is 6.18 Å². The van der Waals surface area contributed by atoms with Crippen LogP contribution < -0.4 is 5.32 Å². The Bertz CT molecular complexity index is 1210. The van der Waals surface area contributed by atoms with E-state index in [9.17, 15) is 18.0 Å². The number of nitrogens with zero attached hydrogens (tertiary/aromatic N) is 4. The highest BCUT2D eigenvalue weighted by atomic mass is 19.4. The summed E-state index contributed by atoms with van der Waals surface area (Å²) in [6.07, 6.45) is -3.42. The monoisotopic (exact) mass is 401 g/mol. The van der Waals surface area contributed by atoms with Crippen molar-refractivity contribution in [3.8, 4) is 11.5 Å². The molecule has 0 atom stereocenters. The Morgan fingerprint density at radius 2 is 1.93 bits per heavy atom. The number of fused-ring (bicyclic) bond motifs is 1. The first-order valence-corrected chi connectivity index (χ1v) is 8.50. The Labute approximate surface area is 162 Å². The third-order valence-corrected chi connectivity index (χ3v) is 4.21. The van der Waals surface area contributed by atoms with E-state index in [-0.39, 0.29) is 17.2 Å². The molecule has 0 unspecified atom stereocenters. The normalized spacial score (nSPS) is 11.8. The summed E-state index contributed by atoms with van der Waals surface area (Å²) in [5, 5.41) is 6.34.